The molecule has 1 aliphatic carbocycles. The zero-order valence-electron chi connectivity index (χ0n) is 15.0. The van der Waals surface area contributed by atoms with Gasteiger partial charge in [-0.05, 0) is 42.0 Å². The molecule has 1 aliphatic heterocycles. The maximum absolute atomic E-state index is 13.7. The van der Waals surface area contributed by atoms with Crippen molar-refractivity contribution >= 4 is 17.5 Å². The number of anilines is 1. The van der Waals surface area contributed by atoms with Crippen LogP contribution in [-0.4, -0.2) is 17.8 Å². The molecule has 1 aromatic carbocycles. The summed E-state index contributed by atoms with van der Waals surface area (Å²) in [6.07, 6.45) is 9.13. The number of hydrogen-bond acceptors (Lipinski definition) is 3. The summed E-state index contributed by atoms with van der Waals surface area (Å²) in [5.74, 6) is -0.320. The highest BCUT2D eigenvalue weighted by atomic mass is 19.1. The number of pyridine rings is 1. The van der Waals surface area contributed by atoms with Gasteiger partial charge in [-0.25, -0.2) is 4.39 Å². The highest BCUT2D eigenvalue weighted by Gasteiger charge is 2.38. The quantitative estimate of drug-likeness (QED) is 0.704. The number of benzene rings is 1. The van der Waals surface area contributed by atoms with Crippen molar-refractivity contribution in [2.24, 2.45) is 0 Å². The molecule has 2 aromatic rings. The molecule has 0 saturated carbocycles. The first-order chi connectivity index (χ1) is 12.4. The van der Waals surface area contributed by atoms with Crippen LogP contribution >= 0.6 is 0 Å². The SMILES string of the molecule is CN1/C(=C\C=C2/C=Cc3cccnc3C2=O)C(C)(C)c2cc(F)ccc21. The van der Waals surface area contributed by atoms with Gasteiger partial charge in [0.05, 0.1) is 0 Å². The predicted molar refractivity (Wildman–Crippen MR) is 102 cm³/mol. The normalized spacial score (nSPS) is 20.6. The minimum Gasteiger partial charge on any atom is -0.347 e. The highest BCUT2D eigenvalue weighted by Crippen LogP contribution is 2.47. The number of likely N-dealkylation sites (N-methyl/N-ethyl adjacent to an activating group) is 1. The Labute approximate surface area is 152 Å². The van der Waals surface area contributed by atoms with Crippen molar-refractivity contribution < 1.29 is 9.18 Å². The van der Waals surface area contributed by atoms with Gasteiger partial charge in [0.15, 0.2) is 0 Å². The number of fused-ring (bicyclic) bond motifs is 2. The second-order valence-electron chi connectivity index (χ2n) is 7.12. The number of hydrogen-bond donors (Lipinski definition) is 0. The van der Waals surface area contributed by atoms with Crippen LogP contribution in [0.15, 0.2) is 66.0 Å². The van der Waals surface area contributed by atoms with E-state index in [9.17, 15) is 9.18 Å². The van der Waals surface area contributed by atoms with E-state index in [1.807, 2.05) is 43.5 Å². The molecule has 0 spiro atoms. The fraction of sp³-hybridized carbons (Fsp3) is 0.182. The van der Waals surface area contributed by atoms with Crippen LogP contribution in [0.25, 0.3) is 6.08 Å². The van der Waals surface area contributed by atoms with E-state index in [1.165, 1.54) is 6.07 Å². The van der Waals surface area contributed by atoms with Gasteiger partial charge in [0.2, 0.25) is 5.78 Å². The van der Waals surface area contributed by atoms with Crippen LogP contribution in [0.2, 0.25) is 0 Å². The van der Waals surface area contributed by atoms with Gasteiger partial charge in [0.25, 0.3) is 0 Å². The molecule has 0 N–H and O–H groups in total. The molecule has 26 heavy (non-hydrogen) atoms. The number of nitrogens with zero attached hydrogens (tertiary/aromatic N) is 2. The Balaban J connectivity index is 1.74. The number of ketones is 1. The molecule has 4 heteroatoms. The topological polar surface area (TPSA) is 33.2 Å². The summed E-state index contributed by atoms with van der Waals surface area (Å²) < 4.78 is 13.7. The lowest BCUT2D eigenvalue weighted by Gasteiger charge is -2.24. The van der Waals surface area contributed by atoms with E-state index in [-0.39, 0.29) is 17.0 Å². The van der Waals surface area contributed by atoms with Crippen molar-refractivity contribution in [1.29, 1.82) is 0 Å². The minimum absolute atomic E-state index is 0.0815. The molecule has 0 unspecified atom stereocenters. The lowest BCUT2D eigenvalue weighted by atomic mass is 9.83. The molecule has 0 amide bonds. The Morgan fingerprint density at radius 2 is 1.96 bits per heavy atom. The van der Waals surface area contributed by atoms with Gasteiger partial charge in [0.1, 0.15) is 11.5 Å². The molecule has 0 fully saturated rings. The molecule has 4 rings (SSSR count). The summed E-state index contributed by atoms with van der Waals surface area (Å²) in [4.78, 5) is 18.9. The fourth-order valence-electron chi connectivity index (χ4n) is 3.74. The Bertz CT molecular complexity index is 1010. The zero-order valence-corrected chi connectivity index (χ0v) is 15.0. The number of rotatable bonds is 1. The Morgan fingerprint density at radius 1 is 1.15 bits per heavy atom. The molecule has 130 valence electrons. The van der Waals surface area contributed by atoms with Crippen LogP contribution in [0.1, 0.15) is 35.5 Å². The molecule has 0 bridgehead atoms. The lowest BCUT2D eigenvalue weighted by Crippen LogP contribution is -2.22. The summed E-state index contributed by atoms with van der Waals surface area (Å²) in [5.41, 5.74) is 4.50. The molecule has 2 aliphatic rings. The van der Waals surface area contributed by atoms with Crippen LogP contribution in [0.4, 0.5) is 10.1 Å². The van der Waals surface area contributed by atoms with E-state index in [0.29, 0.717) is 11.3 Å². The number of aromatic nitrogens is 1. The maximum atomic E-state index is 13.7. The van der Waals surface area contributed by atoms with Gasteiger partial charge >= 0.3 is 0 Å². The van der Waals surface area contributed by atoms with E-state index in [4.69, 9.17) is 0 Å². The standard InChI is InChI=1S/C22H19FN2O/c1-22(2)17-13-16(23)9-10-18(17)25(3)19(22)11-8-15-7-6-14-5-4-12-24-20(14)21(15)26/h4-13H,1-3H3/b15-8+,19-11-. The molecule has 0 radical (unpaired) electrons. The van der Waals surface area contributed by atoms with Gasteiger partial charge in [-0.1, -0.05) is 32.1 Å². The molecule has 3 nitrogen and oxygen atoms in total. The van der Waals surface area contributed by atoms with Crippen molar-refractivity contribution in [1.82, 2.24) is 4.98 Å². The second kappa shape index (κ2) is 5.77. The molecule has 1 aromatic heterocycles. The van der Waals surface area contributed by atoms with E-state index in [2.05, 4.69) is 23.7 Å². The van der Waals surface area contributed by atoms with E-state index in [0.717, 1.165) is 22.5 Å². The van der Waals surface area contributed by atoms with E-state index < -0.39 is 0 Å². The van der Waals surface area contributed by atoms with Gasteiger partial charge < -0.3 is 4.90 Å². The summed E-state index contributed by atoms with van der Waals surface area (Å²) in [5, 5.41) is 0. The number of halogens is 1. The molecule has 0 atom stereocenters. The van der Waals surface area contributed by atoms with Crippen LogP contribution in [-0.2, 0) is 5.41 Å². The fourth-order valence-corrected chi connectivity index (χ4v) is 3.74. The lowest BCUT2D eigenvalue weighted by molar-refractivity contribution is 0.103. The van der Waals surface area contributed by atoms with Gasteiger partial charge in [-0.15, -0.1) is 0 Å². The summed E-state index contributed by atoms with van der Waals surface area (Å²) in [6.45, 7) is 4.13. The summed E-state index contributed by atoms with van der Waals surface area (Å²) >= 11 is 0. The number of allylic oxidation sites excluding steroid dienone is 5. The summed E-state index contributed by atoms with van der Waals surface area (Å²) in [7, 11) is 1.96. The van der Waals surface area contributed by atoms with Crippen molar-refractivity contribution in [3.8, 4) is 0 Å². The third-order valence-electron chi connectivity index (χ3n) is 5.17. The highest BCUT2D eigenvalue weighted by molar-refractivity contribution is 6.14. The first-order valence-electron chi connectivity index (χ1n) is 8.53. The average molecular weight is 346 g/mol. The van der Waals surface area contributed by atoms with Crippen molar-refractivity contribution in [3.63, 3.8) is 0 Å². The predicted octanol–water partition coefficient (Wildman–Crippen LogP) is 4.67. The van der Waals surface area contributed by atoms with Crippen molar-refractivity contribution in [3.05, 3.63) is 88.7 Å². The van der Waals surface area contributed by atoms with Crippen LogP contribution in [0.5, 0.6) is 0 Å². The third kappa shape index (κ3) is 2.41. The largest absolute Gasteiger partial charge is 0.347 e. The molecular weight excluding hydrogens is 327 g/mol. The van der Waals surface area contributed by atoms with Gasteiger partial charge in [-0.3, -0.25) is 9.78 Å². The average Bonchev–Trinajstić information content (AvgIpc) is 2.81. The molecule has 2 heterocycles. The van der Waals surface area contributed by atoms with Crippen molar-refractivity contribution in [2.75, 3.05) is 11.9 Å². The van der Waals surface area contributed by atoms with Crippen LogP contribution in [0, 0.1) is 5.82 Å². The monoisotopic (exact) mass is 346 g/mol. The first-order valence-corrected chi connectivity index (χ1v) is 8.53. The van der Waals surface area contributed by atoms with Crippen LogP contribution in [0.3, 0.4) is 0 Å². The minimum atomic E-state index is -0.346. The Morgan fingerprint density at radius 3 is 2.77 bits per heavy atom. The molecular formula is C22H19FN2O. The summed E-state index contributed by atoms with van der Waals surface area (Å²) in [6, 6.07) is 8.56. The van der Waals surface area contributed by atoms with Gasteiger partial charge in [-0.2, -0.15) is 0 Å². The smallest absolute Gasteiger partial charge is 0.211 e. The van der Waals surface area contributed by atoms with Gasteiger partial charge in [0, 0.05) is 41.2 Å². The zero-order chi connectivity index (χ0) is 18.5. The Kier molecular flexibility index (Phi) is 3.65. The van der Waals surface area contributed by atoms with Crippen molar-refractivity contribution in [2.45, 2.75) is 19.3 Å². The third-order valence-corrected chi connectivity index (χ3v) is 5.17. The maximum Gasteiger partial charge on any atom is 0.211 e. The Hall–Kier alpha value is -3.01. The first kappa shape index (κ1) is 16.5. The second-order valence-corrected chi connectivity index (χ2v) is 7.12. The number of carbonyl (C=O) groups excluding carboxylic acids is 1. The number of carbonyl (C=O) groups is 1. The number of Topliss-reactive ketones (excluding diaryl/α,β-unsaturated/α-hetero) is 1. The van der Waals surface area contributed by atoms with Crippen LogP contribution < -0.4 is 4.90 Å². The van der Waals surface area contributed by atoms with E-state index >= 15 is 0 Å². The van der Waals surface area contributed by atoms with E-state index in [1.54, 1.807) is 18.3 Å². The molecule has 0 saturated heterocycles.